The van der Waals surface area contributed by atoms with Gasteiger partial charge in [0.05, 0.1) is 15.5 Å². The van der Waals surface area contributed by atoms with Crippen LogP contribution in [0.4, 0.5) is 0 Å². The van der Waals surface area contributed by atoms with Gasteiger partial charge in [-0.3, -0.25) is 4.79 Å². The van der Waals surface area contributed by atoms with Crippen LogP contribution in [0.25, 0.3) is 0 Å². The molecule has 3 aromatic rings. The summed E-state index contributed by atoms with van der Waals surface area (Å²) in [6.07, 6.45) is 1.34. The minimum Gasteiger partial charge on any atom is -0.485 e. The number of hydrogen-bond donors (Lipinski definition) is 1. The lowest BCUT2D eigenvalue weighted by Crippen LogP contribution is -2.72. The Labute approximate surface area is 198 Å². The van der Waals surface area contributed by atoms with Gasteiger partial charge in [0.1, 0.15) is 11.5 Å². The van der Waals surface area contributed by atoms with Gasteiger partial charge in [0.15, 0.2) is 12.7 Å². The third-order valence-corrected chi connectivity index (χ3v) is 7.13. The number of nitrogens with zero attached hydrogens (tertiary/aromatic N) is 2. The SMILES string of the molecule is NC(=O)C(Oc1ccc(Cl)cc1)C12CC(c3nc(COc4ccc(Cl)c(Cl)c4)no3)(C1)C2. The molecule has 166 valence electrons. The Morgan fingerprint density at radius 2 is 1.75 bits per heavy atom. The molecule has 1 atom stereocenters. The minimum atomic E-state index is -0.731. The molecule has 0 saturated heterocycles. The molecule has 6 rings (SSSR count). The van der Waals surface area contributed by atoms with Crippen LogP contribution < -0.4 is 15.2 Å². The fraction of sp³-hybridized carbons (Fsp3) is 0.318. The van der Waals surface area contributed by atoms with Gasteiger partial charge in [0.25, 0.3) is 5.91 Å². The molecule has 7 nitrogen and oxygen atoms in total. The average Bonchev–Trinajstić information content (AvgIpc) is 3.16. The predicted molar refractivity (Wildman–Crippen MR) is 118 cm³/mol. The smallest absolute Gasteiger partial charge is 0.259 e. The molecule has 1 amide bonds. The van der Waals surface area contributed by atoms with Crippen LogP contribution >= 0.6 is 34.8 Å². The molecule has 0 aliphatic heterocycles. The second-order valence-electron chi connectivity index (χ2n) is 8.41. The van der Waals surface area contributed by atoms with Gasteiger partial charge in [-0.15, -0.1) is 0 Å². The predicted octanol–water partition coefficient (Wildman–Crippen LogP) is 4.96. The summed E-state index contributed by atoms with van der Waals surface area (Å²) in [6.45, 7) is 0.131. The summed E-state index contributed by atoms with van der Waals surface area (Å²) >= 11 is 17.8. The maximum Gasteiger partial charge on any atom is 0.259 e. The largest absolute Gasteiger partial charge is 0.485 e. The van der Waals surface area contributed by atoms with Crippen LogP contribution in [0.15, 0.2) is 47.0 Å². The molecule has 1 heterocycles. The second-order valence-corrected chi connectivity index (χ2v) is 9.66. The van der Waals surface area contributed by atoms with Crippen molar-refractivity contribution in [3.05, 3.63) is 69.2 Å². The molecule has 3 fully saturated rings. The highest BCUT2D eigenvalue weighted by Gasteiger charge is 2.75. The first-order chi connectivity index (χ1) is 15.3. The molecule has 0 radical (unpaired) electrons. The average molecular weight is 495 g/mol. The summed E-state index contributed by atoms with van der Waals surface area (Å²) in [4.78, 5) is 16.6. The molecule has 32 heavy (non-hydrogen) atoms. The summed E-state index contributed by atoms with van der Waals surface area (Å²) in [5.41, 5.74) is 5.09. The first-order valence-electron chi connectivity index (χ1n) is 9.91. The van der Waals surface area contributed by atoms with Crippen molar-refractivity contribution in [1.29, 1.82) is 0 Å². The van der Waals surface area contributed by atoms with E-state index in [1.165, 1.54) is 0 Å². The number of nitrogens with two attached hydrogens (primary N) is 1. The minimum absolute atomic E-state index is 0.131. The number of amides is 1. The lowest BCUT2D eigenvalue weighted by molar-refractivity contribution is -0.208. The van der Waals surface area contributed by atoms with Gasteiger partial charge in [-0.25, -0.2) is 0 Å². The van der Waals surface area contributed by atoms with E-state index in [1.807, 2.05) is 0 Å². The molecule has 3 aliphatic carbocycles. The van der Waals surface area contributed by atoms with Crippen molar-refractivity contribution in [2.24, 2.45) is 11.1 Å². The van der Waals surface area contributed by atoms with Crippen LogP contribution in [-0.2, 0) is 16.8 Å². The molecular formula is C22H18Cl3N3O4. The van der Waals surface area contributed by atoms with Gasteiger partial charge >= 0.3 is 0 Å². The normalized spacial score (nSPS) is 24.2. The number of rotatable bonds is 8. The topological polar surface area (TPSA) is 100 Å². The summed E-state index contributed by atoms with van der Waals surface area (Å²) in [5.74, 6) is 1.58. The Kier molecular flexibility index (Phi) is 5.23. The first-order valence-corrected chi connectivity index (χ1v) is 11.0. The van der Waals surface area contributed by atoms with Crippen LogP contribution in [-0.4, -0.2) is 22.2 Å². The van der Waals surface area contributed by atoms with Crippen molar-refractivity contribution in [3.8, 4) is 11.5 Å². The highest BCUT2D eigenvalue weighted by molar-refractivity contribution is 6.42. The Bertz CT molecular complexity index is 1160. The van der Waals surface area contributed by atoms with E-state index < -0.39 is 12.0 Å². The van der Waals surface area contributed by atoms with Crippen molar-refractivity contribution in [3.63, 3.8) is 0 Å². The molecule has 2 aromatic carbocycles. The maximum atomic E-state index is 12.1. The third kappa shape index (κ3) is 3.68. The van der Waals surface area contributed by atoms with E-state index in [0.717, 1.165) is 0 Å². The second kappa shape index (κ2) is 7.83. The van der Waals surface area contributed by atoms with E-state index >= 15 is 0 Å². The third-order valence-electron chi connectivity index (χ3n) is 6.13. The van der Waals surface area contributed by atoms with Gasteiger partial charge in [-0.2, -0.15) is 4.98 Å². The molecule has 1 aromatic heterocycles. The van der Waals surface area contributed by atoms with Gasteiger partial charge in [-0.1, -0.05) is 40.0 Å². The van der Waals surface area contributed by atoms with Gasteiger partial charge in [0, 0.05) is 16.5 Å². The lowest BCUT2D eigenvalue weighted by atomic mass is 9.33. The van der Waals surface area contributed by atoms with E-state index in [-0.39, 0.29) is 17.4 Å². The number of ether oxygens (including phenoxy) is 2. The molecule has 0 spiro atoms. The molecule has 10 heteroatoms. The maximum absolute atomic E-state index is 12.1. The van der Waals surface area contributed by atoms with Crippen LogP contribution in [0.2, 0.25) is 15.1 Å². The van der Waals surface area contributed by atoms with E-state index in [9.17, 15) is 4.79 Å². The molecule has 3 aliphatic rings. The summed E-state index contributed by atoms with van der Waals surface area (Å²) in [6, 6.07) is 11.8. The monoisotopic (exact) mass is 493 g/mol. The highest BCUT2D eigenvalue weighted by Crippen LogP contribution is 2.75. The van der Waals surface area contributed by atoms with Crippen LogP contribution in [0.3, 0.4) is 0 Å². The quantitative estimate of drug-likeness (QED) is 0.475. The van der Waals surface area contributed by atoms with E-state index in [4.69, 9.17) is 54.5 Å². The lowest BCUT2D eigenvalue weighted by Gasteiger charge is -2.69. The molecule has 1 unspecified atom stereocenters. The Hall–Kier alpha value is -2.48. The van der Waals surface area contributed by atoms with Crippen molar-refractivity contribution in [2.75, 3.05) is 0 Å². The number of carbonyl (C=O) groups is 1. The number of carbonyl (C=O) groups excluding carboxylic acids is 1. The zero-order chi connectivity index (χ0) is 22.5. The fourth-order valence-corrected chi connectivity index (χ4v) is 5.16. The zero-order valence-corrected chi connectivity index (χ0v) is 19.0. The standard InChI is InChI=1S/C22H18Cl3N3O4/c23-12-1-3-13(4-2-12)31-18(19(26)29)21-9-22(10-21,11-21)20-27-17(28-32-20)8-30-14-5-6-15(24)16(25)7-14/h1-7,18H,8-11H2,(H2,26,29). The Morgan fingerprint density at radius 1 is 1.06 bits per heavy atom. The van der Waals surface area contributed by atoms with Crippen molar-refractivity contribution in [1.82, 2.24) is 10.1 Å². The van der Waals surface area contributed by atoms with Crippen LogP contribution in [0, 0.1) is 5.41 Å². The van der Waals surface area contributed by atoms with Gasteiger partial charge < -0.3 is 19.7 Å². The van der Waals surface area contributed by atoms with Crippen LogP contribution in [0.1, 0.15) is 31.0 Å². The zero-order valence-electron chi connectivity index (χ0n) is 16.7. The van der Waals surface area contributed by atoms with Crippen LogP contribution in [0.5, 0.6) is 11.5 Å². The Morgan fingerprint density at radius 3 is 2.41 bits per heavy atom. The number of aromatic nitrogens is 2. The molecule has 2 N–H and O–H groups in total. The van der Waals surface area contributed by atoms with Crippen molar-refractivity contribution in [2.45, 2.75) is 37.4 Å². The molecule has 3 saturated carbocycles. The van der Waals surface area contributed by atoms with E-state index in [2.05, 4.69) is 10.1 Å². The highest BCUT2D eigenvalue weighted by atomic mass is 35.5. The van der Waals surface area contributed by atoms with Crippen molar-refractivity contribution >= 4 is 40.7 Å². The number of halogens is 3. The fourth-order valence-electron chi connectivity index (χ4n) is 4.75. The van der Waals surface area contributed by atoms with Crippen molar-refractivity contribution < 1.29 is 18.8 Å². The number of hydrogen-bond acceptors (Lipinski definition) is 6. The summed E-state index contributed by atoms with van der Waals surface area (Å²) in [7, 11) is 0. The Balaban J connectivity index is 1.22. The summed E-state index contributed by atoms with van der Waals surface area (Å²) < 4.78 is 17.1. The molecular weight excluding hydrogens is 477 g/mol. The molecule has 2 bridgehead atoms. The van der Waals surface area contributed by atoms with E-state index in [1.54, 1.807) is 42.5 Å². The van der Waals surface area contributed by atoms with Gasteiger partial charge in [0.2, 0.25) is 11.7 Å². The first kappa shape index (κ1) is 21.4. The number of benzene rings is 2. The number of primary amides is 1. The van der Waals surface area contributed by atoms with Gasteiger partial charge in [-0.05, 0) is 55.7 Å². The summed E-state index contributed by atoms with van der Waals surface area (Å²) in [5, 5.41) is 5.46. The van der Waals surface area contributed by atoms with E-state index in [0.29, 0.717) is 57.5 Å².